The largest absolute Gasteiger partial charge is 0.495 e. The number of aliphatic carboxylic acids is 1. The minimum Gasteiger partial charge on any atom is -0.495 e. The zero-order chi connectivity index (χ0) is 34.3. The molecule has 1 fully saturated rings. The molecule has 252 valence electrons. The SMILES string of the molecule is COc1ccc(C[C@H]2NC(=O)/C=C/C[C@@H]([C@H](C)[C@H]3O[C@@H]3c3ccccc3)OC(=O)[C@H](CC(=O)O)OC(=O)C(C)(C)CNC2=O)cc1Cl. The fourth-order valence-electron chi connectivity index (χ4n) is 5.18. The van der Waals surface area contributed by atoms with Gasteiger partial charge in [-0.1, -0.05) is 61.0 Å². The van der Waals surface area contributed by atoms with Gasteiger partial charge in [0.25, 0.3) is 0 Å². The van der Waals surface area contributed by atoms with Crippen molar-refractivity contribution in [1.82, 2.24) is 10.6 Å². The smallest absolute Gasteiger partial charge is 0.348 e. The predicted molar refractivity (Wildman–Crippen MR) is 169 cm³/mol. The molecule has 47 heavy (non-hydrogen) atoms. The van der Waals surface area contributed by atoms with Gasteiger partial charge in [-0.15, -0.1) is 0 Å². The summed E-state index contributed by atoms with van der Waals surface area (Å²) in [5.41, 5.74) is 0.197. The number of carboxylic acid groups (broad SMARTS) is 1. The van der Waals surface area contributed by atoms with Gasteiger partial charge in [-0.25, -0.2) is 4.79 Å². The minimum atomic E-state index is -1.75. The lowest BCUT2D eigenvalue weighted by Crippen LogP contribution is -2.51. The summed E-state index contributed by atoms with van der Waals surface area (Å²) in [6.45, 7) is 4.52. The van der Waals surface area contributed by atoms with Gasteiger partial charge in [0.1, 0.15) is 24.0 Å². The van der Waals surface area contributed by atoms with Crippen LogP contribution in [0.2, 0.25) is 5.02 Å². The van der Waals surface area contributed by atoms with Crippen LogP contribution < -0.4 is 15.4 Å². The van der Waals surface area contributed by atoms with Gasteiger partial charge in [-0.2, -0.15) is 0 Å². The monoisotopic (exact) mass is 670 g/mol. The molecule has 2 aliphatic heterocycles. The number of epoxide rings is 1. The van der Waals surface area contributed by atoms with Gasteiger partial charge in [0.05, 0.1) is 30.1 Å². The van der Waals surface area contributed by atoms with E-state index in [4.69, 9.17) is 30.5 Å². The number of methoxy groups -OCH3 is 1. The van der Waals surface area contributed by atoms with E-state index >= 15 is 0 Å². The highest BCUT2D eigenvalue weighted by molar-refractivity contribution is 6.32. The maximum Gasteiger partial charge on any atom is 0.348 e. The van der Waals surface area contributed by atoms with Crippen LogP contribution in [-0.4, -0.2) is 72.8 Å². The van der Waals surface area contributed by atoms with Gasteiger partial charge in [0, 0.05) is 25.3 Å². The zero-order valence-corrected chi connectivity index (χ0v) is 27.3. The number of amides is 2. The first-order valence-corrected chi connectivity index (χ1v) is 15.6. The lowest BCUT2D eigenvalue weighted by Gasteiger charge is -2.28. The van der Waals surface area contributed by atoms with Crippen molar-refractivity contribution >= 4 is 41.3 Å². The second-order valence-corrected chi connectivity index (χ2v) is 12.6. The molecule has 0 bridgehead atoms. The molecule has 0 radical (unpaired) electrons. The normalized spacial score (nSPS) is 26.5. The average Bonchev–Trinajstić information content (AvgIpc) is 3.83. The summed E-state index contributed by atoms with van der Waals surface area (Å²) < 4.78 is 22.3. The van der Waals surface area contributed by atoms with Crippen molar-refractivity contribution in [2.45, 2.75) is 70.5 Å². The number of cyclic esters (lactones) is 2. The highest BCUT2D eigenvalue weighted by Crippen LogP contribution is 2.45. The van der Waals surface area contributed by atoms with Crippen molar-refractivity contribution in [3.63, 3.8) is 0 Å². The third kappa shape index (κ3) is 9.55. The fraction of sp³-hybridized carbons (Fsp3) is 0.441. The van der Waals surface area contributed by atoms with Crippen molar-refractivity contribution in [2.24, 2.45) is 11.3 Å². The average molecular weight is 671 g/mol. The van der Waals surface area contributed by atoms with E-state index in [2.05, 4.69) is 10.6 Å². The van der Waals surface area contributed by atoms with Crippen molar-refractivity contribution in [3.8, 4) is 5.75 Å². The molecular formula is C34H39ClN2O10. The number of carboxylic acids is 1. The van der Waals surface area contributed by atoms with Gasteiger partial charge in [-0.3, -0.25) is 19.2 Å². The molecule has 0 spiro atoms. The van der Waals surface area contributed by atoms with E-state index in [1.165, 1.54) is 33.1 Å². The molecule has 2 aromatic carbocycles. The molecule has 2 aliphatic rings. The Morgan fingerprint density at radius 1 is 1.11 bits per heavy atom. The second kappa shape index (κ2) is 15.4. The number of ether oxygens (including phenoxy) is 4. The summed E-state index contributed by atoms with van der Waals surface area (Å²) in [6.07, 6.45) is -1.17. The number of carbonyl (C=O) groups excluding carboxylic acids is 4. The van der Waals surface area contributed by atoms with Gasteiger partial charge in [0.15, 0.2) is 0 Å². The summed E-state index contributed by atoms with van der Waals surface area (Å²) in [5, 5.41) is 15.2. The van der Waals surface area contributed by atoms with E-state index in [1.54, 1.807) is 18.2 Å². The number of benzene rings is 2. The third-order valence-electron chi connectivity index (χ3n) is 8.08. The van der Waals surface area contributed by atoms with Crippen molar-refractivity contribution < 1.29 is 48.0 Å². The summed E-state index contributed by atoms with van der Waals surface area (Å²) in [6, 6.07) is 13.4. The predicted octanol–water partition coefficient (Wildman–Crippen LogP) is 3.55. The molecule has 6 atom stereocenters. The summed E-state index contributed by atoms with van der Waals surface area (Å²) in [4.78, 5) is 64.6. The lowest BCUT2D eigenvalue weighted by atomic mass is 9.93. The number of esters is 2. The first kappa shape index (κ1) is 35.4. The molecule has 2 amide bonds. The Bertz CT molecular complexity index is 1510. The standard InChI is InChI=1S/C34H39ClN2O10/c1-19(29-30(47-29)21-9-6-5-7-10-21)24-11-8-12-27(38)37-23(16-20-13-14-25(44-4)22(35)15-20)31(41)36-18-34(2,3)33(43)46-26(17-28(39)40)32(42)45-24/h5-10,12-15,19,23-24,26,29-30H,11,16-18H2,1-4H3,(H,36,41)(H,37,38)(H,39,40)/b12-8+/t19-,23+,24-,26-,29+,30+/m0/s1. The number of hydrogen-bond acceptors (Lipinski definition) is 9. The van der Waals surface area contributed by atoms with E-state index in [-0.39, 0.29) is 31.6 Å². The number of halogens is 1. The number of hydrogen-bond donors (Lipinski definition) is 3. The zero-order valence-electron chi connectivity index (χ0n) is 26.6. The van der Waals surface area contributed by atoms with E-state index in [0.717, 1.165) is 5.56 Å². The first-order valence-electron chi connectivity index (χ1n) is 15.2. The third-order valence-corrected chi connectivity index (χ3v) is 8.38. The molecule has 2 heterocycles. The number of nitrogens with one attached hydrogen (secondary N) is 2. The minimum absolute atomic E-state index is 0.0475. The van der Waals surface area contributed by atoms with Crippen LogP contribution in [0, 0.1) is 11.3 Å². The Morgan fingerprint density at radius 3 is 2.49 bits per heavy atom. The van der Waals surface area contributed by atoms with Gasteiger partial charge in [-0.05, 0) is 43.2 Å². The van der Waals surface area contributed by atoms with Gasteiger partial charge < -0.3 is 34.7 Å². The van der Waals surface area contributed by atoms with E-state index in [1.807, 2.05) is 37.3 Å². The van der Waals surface area contributed by atoms with Crippen LogP contribution >= 0.6 is 11.6 Å². The Balaban J connectivity index is 1.61. The van der Waals surface area contributed by atoms with Crippen LogP contribution in [0.5, 0.6) is 5.75 Å². The second-order valence-electron chi connectivity index (χ2n) is 12.2. The molecule has 0 saturated carbocycles. The highest BCUT2D eigenvalue weighted by Gasteiger charge is 2.48. The van der Waals surface area contributed by atoms with Crippen molar-refractivity contribution in [3.05, 3.63) is 76.8 Å². The quantitative estimate of drug-likeness (QED) is 0.279. The van der Waals surface area contributed by atoms with Crippen LogP contribution in [0.25, 0.3) is 0 Å². The molecule has 4 rings (SSSR count). The Kier molecular flexibility index (Phi) is 11.6. The Labute approximate surface area is 277 Å². The van der Waals surface area contributed by atoms with E-state index in [0.29, 0.717) is 16.3 Å². The summed E-state index contributed by atoms with van der Waals surface area (Å²) in [7, 11) is 1.48. The van der Waals surface area contributed by atoms with Crippen LogP contribution in [0.15, 0.2) is 60.7 Å². The van der Waals surface area contributed by atoms with Crippen LogP contribution in [-0.2, 0) is 44.6 Å². The number of carbonyl (C=O) groups is 5. The maximum atomic E-state index is 13.4. The van der Waals surface area contributed by atoms with Gasteiger partial charge in [0.2, 0.25) is 17.9 Å². The molecular weight excluding hydrogens is 632 g/mol. The van der Waals surface area contributed by atoms with Crippen molar-refractivity contribution in [2.75, 3.05) is 13.7 Å². The van der Waals surface area contributed by atoms with Gasteiger partial charge >= 0.3 is 17.9 Å². The fourth-order valence-corrected chi connectivity index (χ4v) is 5.46. The summed E-state index contributed by atoms with van der Waals surface area (Å²) in [5.74, 6) is -4.46. The van der Waals surface area contributed by atoms with Crippen LogP contribution in [0.3, 0.4) is 0 Å². The molecule has 0 unspecified atom stereocenters. The first-order chi connectivity index (χ1) is 22.3. The van der Waals surface area contributed by atoms with Crippen LogP contribution in [0.4, 0.5) is 0 Å². The highest BCUT2D eigenvalue weighted by atomic mass is 35.5. The maximum absolute atomic E-state index is 13.4. The molecule has 0 aromatic heterocycles. The molecule has 0 aliphatic carbocycles. The molecule has 13 heteroatoms. The summed E-state index contributed by atoms with van der Waals surface area (Å²) >= 11 is 6.28. The molecule has 12 nitrogen and oxygen atoms in total. The van der Waals surface area contributed by atoms with Crippen LogP contribution in [0.1, 0.15) is 50.8 Å². The Morgan fingerprint density at radius 2 is 1.83 bits per heavy atom. The molecule has 2 aromatic rings. The Hall–Kier alpha value is -4.42. The van der Waals surface area contributed by atoms with E-state index < -0.39 is 65.7 Å². The number of rotatable bonds is 8. The molecule has 1 saturated heterocycles. The molecule has 3 N–H and O–H groups in total. The topological polar surface area (TPSA) is 170 Å². The lowest BCUT2D eigenvalue weighted by molar-refractivity contribution is -0.180. The van der Waals surface area contributed by atoms with Crippen molar-refractivity contribution in [1.29, 1.82) is 0 Å². The van der Waals surface area contributed by atoms with E-state index in [9.17, 15) is 29.1 Å².